The molecule has 0 unspecified atom stereocenters. The van der Waals surface area contributed by atoms with Crippen LogP contribution in [0.25, 0.3) is 0 Å². The summed E-state index contributed by atoms with van der Waals surface area (Å²) in [5.41, 5.74) is 6.57. The molecule has 0 atom stereocenters. The highest BCUT2D eigenvalue weighted by Crippen LogP contribution is 2.22. The maximum Gasteiger partial charge on any atom is 0.130 e. The van der Waals surface area contributed by atoms with Gasteiger partial charge in [-0.1, -0.05) is 17.7 Å². The Labute approximate surface area is 82.7 Å². The van der Waals surface area contributed by atoms with Crippen molar-refractivity contribution >= 4 is 11.6 Å². The second kappa shape index (κ2) is 4.58. The van der Waals surface area contributed by atoms with Crippen molar-refractivity contribution < 1.29 is 4.39 Å². The highest BCUT2D eigenvalue weighted by Gasteiger charge is 2.08. The molecule has 1 rings (SSSR count). The Kier molecular flexibility index (Phi) is 3.70. The number of benzene rings is 1. The second-order valence-corrected chi connectivity index (χ2v) is 3.46. The van der Waals surface area contributed by atoms with Crippen LogP contribution in [0.4, 0.5) is 4.39 Å². The summed E-state index contributed by atoms with van der Waals surface area (Å²) in [5.74, 6) is -0.194. The molecule has 1 nitrogen and oxygen atoms in total. The van der Waals surface area contributed by atoms with Crippen molar-refractivity contribution in [1.29, 1.82) is 0 Å². The summed E-state index contributed by atoms with van der Waals surface area (Å²) in [7, 11) is 0. The van der Waals surface area contributed by atoms with E-state index in [0.717, 1.165) is 6.42 Å². The predicted molar refractivity (Wildman–Crippen MR) is 53.5 cm³/mol. The summed E-state index contributed by atoms with van der Waals surface area (Å²) in [6.45, 7) is 2.29. The average molecular weight is 202 g/mol. The first-order valence-corrected chi connectivity index (χ1v) is 4.68. The van der Waals surface area contributed by atoms with Crippen LogP contribution in [0.2, 0.25) is 5.02 Å². The lowest BCUT2D eigenvalue weighted by Gasteiger charge is -2.06. The molecular formula is C10H13ClFN. The minimum atomic E-state index is -0.194. The smallest absolute Gasteiger partial charge is 0.130 e. The summed E-state index contributed by atoms with van der Waals surface area (Å²) in [4.78, 5) is 0. The lowest BCUT2D eigenvalue weighted by atomic mass is 10.1. The summed E-state index contributed by atoms with van der Waals surface area (Å²) < 4.78 is 13.5. The van der Waals surface area contributed by atoms with E-state index in [0.29, 0.717) is 29.1 Å². The van der Waals surface area contributed by atoms with E-state index in [4.69, 9.17) is 17.3 Å². The number of hydrogen-bond donors (Lipinski definition) is 1. The Bertz CT molecular complexity index is 299. The van der Waals surface area contributed by atoms with Gasteiger partial charge in [0, 0.05) is 10.6 Å². The molecule has 0 heterocycles. The Morgan fingerprint density at radius 2 is 2.15 bits per heavy atom. The molecule has 0 bridgehead atoms. The Hall–Kier alpha value is -0.600. The van der Waals surface area contributed by atoms with Gasteiger partial charge in [-0.05, 0) is 37.9 Å². The van der Waals surface area contributed by atoms with Crippen LogP contribution in [0, 0.1) is 12.7 Å². The van der Waals surface area contributed by atoms with E-state index in [1.807, 2.05) is 0 Å². The monoisotopic (exact) mass is 201 g/mol. The third kappa shape index (κ3) is 2.42. The van der Waals surface area contributed by atoms with Crippen LogP contribution in [0.5, 0.6) is 0 Å². The largest absolute Gasteiger partial charge is 0.330 e. The van der Waals surface area contributed by atoms with E-state index in [2.05, 4.69) is 0 Å². The van der Waals surface area contributed by atoms with Gasteiger partial charge >= 0.3 is 0 Å². The van der Waals surface area contributed by atoms with Crippen molar-refractivity contribution in [3.05, 3.63) is 34.1 Å². The van der Waals surface area contributed by atoms with E-state index in [-0.39, 0.29) is 5.82 Å². The molecule has 0 aliphatic carbocycles. The number of halogens is 2. The standard InChI is InChI=1S/C10H13ClFN/c1-7-4-5-9(11)8(10(7)12)3-2-6-13/h4-5H,2-3,6,13H2,1H3. The molecule has 3 heteroatoms. The molecule has 1 aromatic rings. The van der Waals surface area contributed by atoms with Crippen molar-refractivity contribution in [2.24, 2.45) is 5.73 Å². The lowest BCUT2D eigenvalue weighted by molar-refractivity contribution is 0.596. The fourth-order valence-corrected chi connectivity index (χ4v) is 1.46. The maximum absolute atomic E-state index is 13.5. The van der Waals surface area contributed by atoms with Crippen molar-refractivity contribution in [2.75, 3.05) is 6.54 Å². The van der Waals surface area contributed by atoms with Crippen LogP contribution in [-0.4, -0.2) is 6.54 Å². The SMILES string of the molecule is Cc1ccc(Cl)c(CCCN)c1F. The van der Waals surface area contributed by atoms with Gasteiger partial charge < -0.3 is 5.73 Å². The van der Waals surface area contributed by atoms with Gasteiger partial charge in [0.2, 0.25) is 0 Å². The Balaban J connectivity index is 2.96. The average Bonchev–Trinajstić information content (AvgIpc) is 2.12. The zero-order valence-electron chi connectivity index (χ0n) is 7.61. The van der Waals surface area contributed by atoms with Gasteiger partial charge in [-0.3, -0.25) is 0 Å². The fraction of sp³-hybridized carbons (Fsp3) is 0.400. The lowest BCUT2D eigenvalue weighted by Crippen LogP contribution is -2.03. The van der Waals surface area contributed by atoms with Gasteiger partial charge in [-0.2, -0.15) is 0 Å². The van der Waals surface area contributed by atoms with Crippen molar-refractivity contribution in [3.8, 4) is 0 Å². The van der Waals surface area contributed by atoms with E-state index in [1.165, 1.54) is 0 Å². The molecule has 0 saturated carbocycles. The highest BCUT2D eigenvalue weighted by molar-refractivity contribution is 6.31. The minimum Gasteiger partial charge on any atom is -0.330 e. The van der Waals surface area contributed by atoms with Crippen LogP contribution in [-0.2, 0) is 6.42 Å². The summed E-state index contributed by atoms with van der Waals surface area (Å²) >= 11 is 5.86. The van der Waals surface area contributed by atoms with Crippen LogP contribution < -0.4 is 5.73 Å². The minimum absolute atomic E-state index is 0.194. The molecule has 72 valence electrons. The summed E-state index contributed by atoms with van der Waals surface area (Å²) in [6.07, 6.45) is 1.38. The molecule has 0 amide bonds. The fourth-order valence-electron chi connectivity index (χ4n) is 1.22. The molecule has 0 saturated heterocycles. The Morgan fingerprint density at radius 1 is 1.46 bits per heavy atom. The molecule has 1 aromatic carbocycles. The van der Waals surface area contributed by atoms with Crippen molar-refractivity contribution in [1.82, 2.24) is 0 Å². The van der Waals surface area contributed by atoms with E-state index >= 15 is 0 Å². The molecule has 0 radical (unpaired) electrons. The van der Waals surface area contributed by atoms with Gasteiger partial charge in [-0.25, -0.2) is 4.39 Å². The molecule has 0 spiro atoms. The predicted octanol–water partition coefficient (Wildman–Crippen LogP) is 2.68. The third-order valence-corrected chi connectivity index (χ3v) is 2.36. The summed E-state index contributed by atoms with van der Waals surface area (Å²) in [6, 6.07) is 3.41. The van der Waals surface area contributed by atoms with E-state index < -0.39 is 0 Å². The van der Waals surface area contributed by atoms with E-state index in [9.17, 15) is 4.39 Å². The van der Waals surface area contributed by atoms with Crippen molar-refractivity contribution in [3.63, 3.8) is 0 Å². The molecule has 0 fully saturated rings. The Morgan fingerprint density at radius 3 is 2.77 bits per heavy atom. The van der Waals surface area contributed by atoms with Gasteiger partial charge in [0.15, 0.2) is 0 Å². The number of nitrogens with two attached hydrogens (primary N) is 1. The van der Waals surface area contributed by atoms with Crippen LogP contribution in [0.15, 0.2) is 12.1 Å². The molecule has 0 aliphatic rings. The number of rotatable bonds is 3. The number of hydrogen-bond acceptors (Lipinski definition) is 1. The first-order valence-electron chi connectivity index (χ1n) is 4.30. The van der Waals surface area contributed by atoms with Crippen LogP contribution >= 0.6 is 11.6 Å². The normalized spacial score (nSPS) is 10.5. The molecule has 2 N–H and O–H groups in total. The molecule has 0 aromatic heterocycles. The zero-order valence-corrected chi connectivity index (χ0v) is 8.37. The maximum atomic E-state index is 13.5. The summed E-state index contributed by atoms with van der Waals surface area (Å²) in [5, 5.41) is 0.497. The second-order valence-electron chi connectivity index (χ2n) is 3.05. The molecule has 13 heavy (non-hydrogen) atoms. The first kappa shape index (κ1) is 10.5. The topological polar surface area (TPSA) is 26.0 Å². The number of aryl methyl sites for hydroxylation is 1. The highest BCUT2D eigenvalue weighted by atomic mass is 35.5. The molecular weight excluding hydrogens is 189 g/mol. The third-order valence-electron chi connectivity index (χ3n) is 2.01. The van der Waals surface area contributed by atoms with Crippen LogP contribution in [0.3, 0.4) is 0 Å². The quantitative estimate of drug-likeness (QED) is 0.800. The van der Waals surface area contributed by atoms with Gasteiger partial charge in [0.25, 0.3) is 0 Å². The van der Waals surface area contributed by atoms with Gasteiger partial charge in [-0.15, -0.1) is 0 Å². The zero-order chi connectivity index (χ0) is 9.84. The molecule has 0 aliphatic heterocycles. The van der Waals surface area contributed by atoms with Crippen LogP contribution in [0.1, 0.15) is 17.5 Å². The first-order chi connectivity index (χ1) is 6.16. The van der Waals surface area contributed by atoms with Crippen molar-refractivity contribution in [2.45, 2.75) is 19.8 Å². The van der Waals surface area contributed by atoms with Gasteiger partial charge in [0.1, 0.15) is 5.82 Å². The van der Waals surface area contributed by atoms with Gasteiger partial charge in [0.05, 0.1) is 0 Å². The van der Waals surface area contributed by atoms with E-state index in [1.54, 1.807) is 19.1 Å².